The molecule has 0 amide bonds. The second-order valence-corrected chi connectivity index (χ2v) is 5.46. The first-order valence-electron chi connectivity index (χ1n) is 4.75. The number of hydrogen-bond acceptors (Lipinski definition) is 5. The van der Waals surface area contributed by atoms with Crippen LogP contribution >= 0.6 is 39.1 Å². The molecule has 0 fully saturated rings. The van der Waals surface area contributed by atoms with Gasteiger partial charge in [0.05, 0.1) is 19.3 Å². The van der Waals surface area contributed by atoms with Gasteiger partial charge in [-0.2, -0.15) is 0 Å². The minimum absolute atomic E-state index is 0.516. The van der Waals surface area contributed by atoms with Crippen molar-refractivity contribution < 1.29 is 4.74 Å². The highest BCUT2D eigenvalue weighted by molar-refractivity contribution is 9.10. The van der Waals surface area contributed by atoms with Gasteiger partial charge in [0.2, 0.25) is 0 Å². The molecule has 0 saturated carbocycles. The van der Waals surface area contributed by atoms with E-state index in [1.807, 2.05) is 18.2 Å². The van der Waals surface area contributed by atoms with Gasteiger partial charge in [0.1, 0.15) is 15.8 Å². The summed E-state index contributed by atoms with van der Waals surface area (Å²) in [5.74, 6) is 0.771. The number of benzene rings is 1. The van der Waals surface area contributed by atoms with E-state index in [-0.39, 0.29) is 0 Å². The van der Waals surface area contributed by atoms with Gasteiger partial charge in [-0.25, -0.2) is 0 Å². The van der Waals surface area contributed by atoms with Crippen LogP contribution in [0.1, 0.15) is 5.69 Å². The smallest absolute Gasteiger partial charge is 0.142 e. The van der Waals surface area contributed by atoms with Crippen LogP contribution in [0.2, 0.25) is 4.34 Å². The lowest BCUT2D eigenvalue weighted by atomic mass is 10.3. The second-order valence-electron chi connectivity index (χ2n) is 3.19. The van der Waals surface area contributed by atoms with Crippen molar-refractivity contribution in [2.24, 2.45) is 0 Å². The zero-order valence-electron chi connectivity index (χ0n) is 8.91. The van der Waals surface area contributed by atoms with Crippen molar-refractivity contribution in [2.45, 2.75) is 6.54 Å². The molecule has 1 N–H and O–H groups in total. The van der Waals surface area contributed by atoms with Gasteiger partial charge in [-0.05, 0) is 18.2 Å². The first-order valence-corrected chi connectivity index (χ1v) is 6.69. The van der Waals surface area contributed by atoms with Crippen LogP contribution in [0, 0.1) is 0 Å². The molecule has 0 bridgehead atoms. The van der Waals surface area contributed by atoms with Crippen molar-refractivity contribution in [2.75, 3.05) is 12.4 Å². The van der Waals surface area contributed by atoms with Crippen molar-refractivity contribution >= 4 is 44.8 Å². The molecule has 2 rings (SSSR count). The lowest BCUT2D eigenvalue weighted by Crippen LogP contribution is -2.02. The SMILES string of the molecule is COc1ccc(Br)cc1NCc1nnsc1Cl. The van der Waals surface area contributed by atoms with E-state index in [2.05, 4.69) is 30.8 Å². The van der Waals surface area contributed by atoms with Crippen LogP contribution in [0.3, 0.4) is 0 Å². The third-order valence-corrected chi connectivity index (χ3v) is 3.59. The van der Waals surface area contributed by atoms with Crippen LogP contribution in [-0.2, 0) is 6.54 Å². The Labute approximate surface area is 116 Å². The van der Waals surface area contributed by atoms with E-state index in [9.17, 15) is 0 Å². The van der Waals surface area contributed by atoms with E-state index in [0.29, 0.717) is 10.9 Å². The van der Waals surface area contributed by atoms with Gasteiger partial charge < -0.3 is 10.1 Å². The van der Waals surface area contributed by atoms with Crippen LogP contribution in [0.15, 0.2) is 22.7 Å². The van der Waals surface area contributed by atoms with Crippen molar-refractivity contribution in [1.82, 2.24) is 9.59 Å². The zero-order chi connectivity index (χ0) is 12.3. The molecule has 1 heterocycles. The Kier molecular flexibility index (Phi) is 4.20. The summed E-state index contributed by atoms with van der Waals surface area (Å²) in [6.45, 7) is 0.516. The van der Waals surface area contributed by atoms with Crippen LogP contribution in [-0.4, -0.2) is 16.7 Å². The summed E-state index contributed by atoms with van der Waals surface area (Å²) >= 11 is 10.5. The molecular formula is C10H9BrClN3OS. The number of methoxy groups -OCH3 is 1. The molecule has 0 radical (unpaired) electrons. The molecule has 1 aromatic carbocycles. The number of aromatic nitrogens is 2. The Balaban J connectivity index is 2.13. The first-order chi connectivity index (χ1) is 8.20. The highest BCUT2D eigenvalue weighted by Gasteiger charge is 2.07. The Morgan fingerprint density at radius 2 is 2.35 bits per heavy atom. The molecular weight excluding hydrogens is 326 g/mol. The molecule has 0 atom stereocenters. The van der Waals surface area contributed by atoms with E-state index in [4.69, 9.17) is 16.3 Å². The molecule has 0 unspecified atom stereocenters. The summed E-state index contributed by atoms with van der Waals surface area (Å²) in [5.41, 5.74) is 1.62. The Morgan fingerprint density at radius 3 is 3.00 bits per heavy atom. The minimum atomic E-state index is 0.516. The third-order valence-electron chi connectivity index (χ3n) is 2.12. The van der Waals surface area contributed by atoms with Crippen molar-refractivity contribution in [3.05, 3.63) is 32.7 Å². The average Bonchev–Trinajstić information content (AvgIpc) is 2.72. The van der Waals surface area contributed by atoms with Gasteiger partial charge in [0.15, 0.2) is 0 Å². The van der Waals surface area contributed by atoms with Crippen molar-refractivity contribution in [3.63, 3.8) is 0 Å². The predicted molar refractivity (Wildman–Crippen MR) is 72.9 cm³/mol. The standard InChI is InChI=1S/C10H9BrClN3OS/c1-16-9-3-2-6(11)4-7(9)13-5-8-10(12)17-15-14-8/h2-4,13H,5H2,1H3. The summed E-state index contributed by atoms with van der Waals surface area (Å²) < 4.78 is 10.6. The molecule has 2 aromatic rings. The molecule has 17 heavy (non-hydrogen) atoms. The van der Waals surface area contributed by atoms with Crippen molar-refractivity contribution in [1.29, 1.82) is 0 Å². The van der Waals surface area contributed by atoms with Gasteiger partial charge in [-0.3, -0.25) is 0 Å². The molecule has 90 valence electrons. The number of ether oxygens (including phenoxy) is 1. The summed E-state index contributed by atoms with van der Waals surface area (Å²) in [7, 11) is 1.63. The van der Waals surface area contributed by atoms with Gasteiger partial charge in [0.25, 0.3) is 0 Å². The number of nitrogens with one attached hydrogen (secondary N) is 1. The lowest BCUT2D eigenvalue weighted by molar-refractivity contribution is 0.416. The molecule has 0 aliphatic heterocycles. The lowest BCUT2D eigenvalue weighted by Gasteiger charge is -2.10. The highest BCUT2D eigenvalue weighted by Crippen LogP contribution is 2.28. The van der Waals surface area contributed by atoms with Crippen LogP contribution in [0.5, 0.6) is 5.75 Å². The third kappa shape index (κ3) is 3.08. The molecule has 7 heteroatoms. The molecule has 4 nitrogen and oxygen atoms in total. The van der Waals surface area contributed by atoms with E-state index in [1.165, 1.54) is 11.5 Å². The van der Waals surface area contributed by atoms with Crippen LogP contribution in [0.4, 0.5) is 5.69 Å². The van der Waals surface area contributed by atoms with Crippen LogP contribution < -0.4 is 10.1 Å². The number of anilines is 1. The van der Waals surface area contributed by atoms with Gasteiger partial charge >= 0.3 is 0 Å². The Bertz CT molecular complexity index is 520. The largest absolute Gasteiger partial charge is 0.495 e. The highest BCUT2D eigenvalue weighted by atomic mass is 79.9. The van der Waals surface area contributed by atoms with E-state index >= 15 is 0 Å². The maximum absolute atomic E-state index is 5.92. The maximum Gasteiger partial charge on any atom is 0.142 e. The summed E-state index contributed by atoms with van der Waals surface area (Å²) in [6, 6.07) is 5.74. The maximum atomic E-state index is 5.92. The molecule has 0 aliphatic carbocycles. The Hall–Kier alpha value is -0.850. The monoisotopic (exact) mass is 333 g/mol. The molecule has 1 aromatic heterocycles. The summed E-state index contributed by atoms with van der Waals surface area (Å²) in [6.07, 6.45) is 0. The average molecular weight is 335 g/mol. The fourth-order valence-electron chi connectivity index (χ4n) is 1.30. The number of hydrogen-bond donors (Lipinski definition) is 1. The fraction of sp³-hybridized carbons (Fsp3) is 0.200. The first kappa shape index (κ1) is 12.6. The number of halogens is 2. The molecule has 0 aliphatic rings. The predicted octanol–water partition coefficient (Wildman–Crippen LogP) is 3.57. The number of nitrogens with zero attached hydrogens (tertiary/aromatic N) is 2. The van der Waals surface area contributed by atoms with E-state index in [0.717, 1.165) is 21.6 Å². The summed E-state index contributed by atoms with van der Waals surface area (Å²) in [5, 5.41) is 7.14. The second kappa shape index (κ2) is 5.66. The molecule has 0 saturated heterocycles. The minimum Gasteiger partial charge on any atom is -0.495 e. The Morgan fingerprint density at radius 1 is 1.53 bits per heavy atom. The van der Waals surface area contributed by atoms with Gasteiger partial charge in [-0.15, -0.1) is 5.10 Å². The molecule has 0 spiro atoms. The topological polar surface area (TPSA) is 47.0 Å². The van der Waals surface area contributed by atoms with Crippen molar-refractivity contribution in [3.8, 4) is 5.75 Å². The quantitative estimate of drug-likeness (QED) is 0.928. The van der Waals surface area contributed by atoms with Gasteiger partial charge in [0, 0.05) is 16.0 Å². The normalized spacial score (nSPS) is 10.3. The fourth-order valence-corrected chi connectivity index (χ4v) is 2.29. The summed E-state index contributed by atoms with van der Waals surface area (Å²) in [4.78, 5) is 0. The van der Waals surface area contributed by atoms with E-state index in [1.54, 1.807) is 7.11 Å². The van der Waals surface area contributed by atoms with Crippen LogP contribution in [0.25, 0.3) is 0 Å². The van der Waals surface area contributed by atoms with E-state index < -0.39 is 0 Å². The van der Waals surface area contributed by atoms with Gasteiger partial charge in [-0.1, -0.05) is 32.0 Å². The number of rotatable bonds is 4. The zero-order valence-corrected chi connectivity index (χ0v) is 12.1.